The average Bonchev–Trinajstić information content (AvgIpc) is 2.79. The molecular formula is C21H27N7O2. The monoisotopic (exact) mass is 409 g/mol. The lowest BCUT2D eigenvalue weighted by atomic mass is 10.1. The van der Waals surface area contributed by atoms with Crippen LogP contribution in [0.3, 0.4) is 0 Å². The number of nitrogens with one attached hydrogen (secondary N) is 3. The minimum atomic E-state index is 0.0371. The third kappa shape index (κ3) is 3.60. The lowest BCUT2D eigenvalue weighted by Gasteiger charge is -2.46. The van der Waals surface area contributed by atoms with Crippen molar-refractivity contribution in [2.75, 3.05) is 49.5 Å². The fraction of sp³-hybridized carbons (Fsp3) is 0.476. The van der Waals surface area contributed by atoms with Gasteiger partial charge in [-0.3, -0.25) is 0 Å². The SMILES string of the molecule is O=C(NC1CCNCC1)N1CCN2c3cc(-c4ccccc4O)nnc3NCC2C1. The molecule has 9 nitrogen and oxygen atoms in total. The van der Waals surface area contributed by atoms with Gasteiger partial charge in [0.25, 0.3) is 0 Å². The fourth-order valence-corrected chi connectivity index (χ4v) is 4.53. The number of aromatic hydroxyl groups is 1. The van der Waals surface area contributed by atoms with Crippen molar-refractivity contribution in [3.05, 3.63) is 30.3 Å². The number of carbonyl (C=O) groups excluding carboxylic acids is 1. The summed E-state index contributed by atoms with van der Waals surface area (Å²) in [4.78, 5) is 17.0. The Bertz CT molecular complexity index is 931. The second-order valence-electron chi connectivity index (χ2n) is 8.13. The summed E-state index contributed by atoms with van der Waals surface area (Å²) in [5.41, 5.74) is 2.27. The normalized spacial score (nSPS) is 21.4. The number of piperazine rings is 1. The minimum Gasteiger partial charge on any atom is -0.507 e. The molecule has 5 rings (SSSR count). The number of hydrogen-bond donors (Lipinski definition) is 4. The van der Waals surface area contributed by atoms with E-state index in [9.17, 15) is 9.90 Å². The number of para-hydroxylation sites is 1. The average molecular weight is 409 g/mol. The van der Waals surface area contributed by atoms with E-state index < -0.39 is 0 Å². The van der Waals surface area contributed by atoms with E-state index in [1.807, 2.05) is 23.1 Å². The van der Waals surface area contributed by atoms with E-state index in [1.54, 1.807) is 12.1 Å². The van der Waals surface area contributed by atoms with Crippen molar-refractivity contribution >= 4 is 17.5 Å². The number of piperidine rings is 1. The molecule has 2 amide bonds. The molecule has 3 aliphatic rings. The molecule has 0 spiro atoms. The Morgan fingerprint density at radius 3 is 2.83 bits per heavy atom. The minimum absolute atomic E-state index is 0.0371. The molecule has 9 heteroatoms. The molecule has 2 aromatic rings. The molecule has 0 saturated carbocycles. The number of aromatic nitrogens is 2. The van der Waals surface area contributed by atoms with Crippen molar-refractivity contribution < 1.29 is 9.90 Å². The molecule has 158 valence electrons. The lowest BCUT2D eigenvalue weighted by Crippen LogP contribution is -2.61. The highest BCUT2D eigenvalue weighted by Crippen LogP contribution is 2.35. The number of carbonyl (C=O) groups is 1. The van der Waals surface area contributed by atoms with Crippen LogP contribution >= 0.6 is 0 Å². The predicted molar refractivity (Wildman–Crippen MR) is 115 cm³/mol. The maximum absolute atomic E-state index is 12.8. The molecule has 0 aliphatic carbocycles. The van der Waals surface area contributed by atoms with Gasteiger partial charge in [-0.1, -0.05) is 12.1 Å². The van der Waals surface area contributed by atoms with Crippen molar-refractivity contribution in [3.8, 4) is 17.0 Å². The molecule has 0 radical (unpaired) electrons. The van der Waals surface area contributed by atoms with Crippen molar-refractivity contribution in [2.24, 2.45) is 0 Å². The van der Waals surface area contributed by atoms with E-state index in [1.165, 1.54) is 0 Å². The van der Waals surface area contributed by atoms with Crippen molar-refractivity contribution in [2.45, 2.75) is 24.9 Å². The van der Waals surface area contributed by atoms with Gasteiger partial charge in [-0.2, -0.15) is 0 Å². The molecule has 4 heterocycles. The number of phenolic OH excluding ortho intramolecular Hbond substituents is 1. The number of amides is 2. The van der Waals surface area contributed by atoms with Crippen LogP contribution in [-0.4, -0.2) is 77.6 Å². The van der Waals surface area contributed by atoms with E-state index in [4.69, 9.17) is 0 Å². The summed E-state index contributed by atoms with van der Waals surface area (Å²) in [7, 11) is 0. The van der Waals surface area contributed by atoms with Crippen LogP contribution in [0.4, 0.5) is 16.3 Å². The highest BCUT2D eigenvalue weighted by atomic mass is 16.3. The van der Waals surface area contributed by atoms with E-state index in [-0.39, 0.29) is 23.9 Å². The second kappa shape index (κ2) is 7.98. The quantitative estimate of drug-likeness (QED) is 0.591. The van der Waals surface area contributed by atoms with Crippen LogP contribution in [0.15, 0.2) is 30.3 Å². The molecule has 1 atom stereocenters. The molecule has 1 aromatic carbocycles. The van der Waals surface area contributed by atoms with Gasteiger partial charge in [0.1, 0.15) is 5.75 Å². The third-order valence-corrected chi connectivity index (χ3v) is 6.21. The Morgan fingerprint density at radius 2 is 2.00 bits per heavy atom. The summed E-state index contributed by atoms with van der Waals surface area (Å²) < 4.78 is 0. The largest absolute Gasteiger partial charge is 0.507 e. The molecule has 3 aliphatic heterocycles. The first kappa shape index (κ1) is 18.9. The molecule has 1 unspecified atom stereocenters. The molecule has 30 heavy (non-hydrogen) atoms. The Morgan fingerprint density at radius 1 is 1.17 bits per heavy atom. The lowest BCUT2D eigenvalue weighted by molar-refractivity contribution is 0.179. The highest BCUT2D eigenvalue weighted by Gasteiger charge is 2.35. The van der Waals surface area contributed by atoms with Gasteiger partial charge in [0, 0.05) is 37.8 Å². The zero-order valence-electron chi connectivity index (χ0n) is 16.8. The van der Waals surface area contributed by atoms with Gasteiger partial charge >= 0.3 is 6.03 Å². The zero-order chi connectivity index (χ0) is 20.5. The summed E-state index contributed by atoms with van der Waals surface area (Å²) in [5.74, 6) is 0.935. The maximum Gasteiger partial charge on any atom is 0.317 e. The number of urea groups is 1. The van der Waals surface area contributed by atoms with Gasteiger partial charge in [0.15, 0.2) is 5.82 Å². The van der Waals surface area contributed by atoms with Crippen molar-refractivity contribution in [1.82, 2.24) is 25.7 Å². The first-order valence-electron chi connectivity index (χ1n) is 10.6. The summed E-state index contributed by atoms with van der Waals surface area (Å²) in [6.45, 7) is 4.71. The molecular weight excluding hydrogens is 382 g/mol. The van der Waals surface area contributed by atoms with Crippen molar-refractivity contribution in [1.29, 1.82) is 0 Å². The maximum atomic E-state index is 12.8. The third-order valence-electron chi connectivity index (χ3n) is 6.21. The van der Waals surface area contributed by atoms with E-state index in [0.29, 0.717) is 24.3 Å². The summed E-state index contributed by atoms with van der Waals surface area (Å²) in [5, 5.41) is 28.7. The molecule has 2 fully saturated rings. The zero-order valence-corrected chi connectivity index (χ0v) is 16.8. The number of fused-ring (bicyclic) bond motifs is 3. The Labute approximate surface area is 175 Å². The van der Waals surface area contributed by atoms with E-state index in [2.05, 4.69) is 31.0 Å². The van der Waals surface area contributed by atoms with Gasteiger partial charge < -0.3 is 30.9 Å². The standard InChI is InChI=1S/C21H27N7O2/c29-19-4-2-1-3-16(19)17-11-18-20(26-25-17)23-12-15-13-27(9-10-28(15)18)21(30)24-14-5-7-22-8-6-14/h1-4,11,14-15,22,29H,5-10,12-13H2,(H,23,26)(H,24,30). The topological polar surface area (TPSA) is 106 Å². The highest BCUT2D eigenvalue weighted by molar-refractivity contribution is 5.78. The first-order chi connectivity index (χ1) is 14.7. The fourth-order valence-electron chi connectivity index (χ4n) is 4.53. The number of hydrogen-bond acceptors (Lipinski definition) is 7. The smallest absolute Gasteiger partial charge is 0.317 e. The number of benzene rings is 1. The van der Waals surface area contributed by atoms with Crippen LogP contribution in [0.25, 0.3) is 11.3 Å². The molecule has 2 saturated heterocycles. The van der Waals surface area contributed by atoms with Gasteiger partial charge in [-0.25, -0.2) is 4.79 Å². The van der Waals surface area contributed by atoms with Crippen LogP contribution in [-0.2, 0) is 0 Å². The first-order valence-corrected chi connectivity index (χ1v) is 10.6. The molecule has 0 bridgehead atoms. The molecule has 1 aromatic heterocycles. The summed E-state index contributed by atoms with van der Waals surface area (Å²) in [6, 6.07) is 9.59. The number of anilines is 2. The van der Waals surface area contributed by atoms with Gasteiger partial charge in [-0.05, 0) is 44.1 Å². The van der Waals surface area contributed by atoms with Crippen molar-refractivity contribution in [3.63, 3.8) is 0 Å². The van der Waals surface area contributed by atoms with Crippen LogP contribution < -0.4 is 20.9 Å². The van der Waals surface area contributed by atoms with Crippen LogP contribution in [0.1, 0.15) is 12.8 Å². The van der Waals surface area contributed by atoms with Crippen LogP contribution in [0, 0.1) is 0 Å². The number of phenols is 1. The Balaban J connectivity index is 1.31. The summed E-state index contributed by atoms with van der Waals surface area (Å²) in [6.07, 6.45) is 1.97. The molecule has 4 N–H and O–H groups in total. The Kier molecular flexibility index (Phi) is 5.04. The van der Waals surface area contributed by atoms with E-state index >= 15 is 0 Å². The van der Waals surface area contributed by atoms with Crippen LogP contribution in [0.5, 0.6) is 5.75 Å². The van der Waals surface area contributed by atoms with Gasteiger partial charge in [0.2, 0.25) is 0 Å². The summed E-state index contributed by atoms with van der Waals surface area (Å²) >= 11 is 0. The number of rotatable bonds is 2. The predicted octanol–water partition coefficient (Wildman–Crippen LogP) is 1.23. The van der Waals surface area contributed by atoms with Crippen LogP contribution in [0.2, 0.25) is 0 Å². The van der Waals surface area contributed by atoms with Gasteiger partial charge in [-0.15, -0.1) is 10.2 Å². The Hall–Kier alpha value is -3.07. The van der Waals surface area contributed by atoms with Gasteiger partial charge in [0.05, 0.1) is 17.4 Å². The second-order valence-corrected chi connectivity index (χ2v) is 8.13. The number of nitrogens with zero attached hydrogens (tertiary/aromatic N) is 4. The van der Waals surface area contributed by atoms with E-state index in [0.717, 1.165) is 50.5 Å².